The maximum atomic E-state index is 12.5. The molecule has 0 saturated carbocycles. The van der Waals surface area contributed by atoms with Gasteiger partial charge in [-0.05, 0) is 25.0 Å². The fourth-order valence-corrected chi connectivity index (χ4v) is 3.19. The topological polar surface area (TPSA) is 97.1 Å². The van der Waals surface area contributed by atoms with Crippen molar-refractivity contribution in [3.63, 3.8) is 0 Å². The minimum absolute atomic E-state index is 0.342. The standard InChI is InChI=1S/C22H28N6O2/c1-4-5-6-10-15-28-18-19(27(3)22(30)24-20(18)29)23-21(28)26-25-16(2)13-14-17-11-8-7-9-12-17/h7-9,11-14H,4-6,10,15H2,1-3H3,(H,23,26)(H,24,29,30)/b14-13+,25-16-. The quantitative estimate of drug-likeness (QED) is 0.322. The lowest BCUT2D eigenvalue weighted by Gasteiger charge is -2.08. The molecule has 158 valence electrons. The maximum absolute atomic E-state index is 12.5. The van der Waals surface area contributed by atoms with Crippen LogP contribution in [-0.4, -0.2) is 24.8 Å². The largest absolute Gasteiger partial charge is 0.329 e. The normalized spacial score (nSPS) is 12.2. The summed E-state index contributed by atoms with van der Waals surface area (Å²) >= 11 is 0. The number of hydrazone groups is 1. The molecule has 2 aromatic heterocycles. The Bertz CT molecular complexity index is 1170. The number of hydrogen-bond donors (Lipinski definition) is 2. The van der Waals surface area contributed by atoms with Crippen molar-refractivity contribution in [3.8, 4) is 0 Å². The second-order valence-electron chi connectivity index (χ2n) is 7.25. The number of allylic oxidation sites excluding steroid dienone is 1. The van der Waals surface area contributed by atoms with Crippen molar-refractivity contribution >= 4 is 28.9 Å². The predicted molar refractivity (Wildman–Crippen MR) is 122 cm³/mol. The van der Waals surface area contributed by atoms with Gasteiger partial charge in [-0.25, -0.2) is 10.2 Å². The predicted octanol–water partition coefficient (Wildman–Crippen LogP) is 3.50. The van der Waals surface area contributed by atoms with E-state index in [0.717, 1.165) is 37.0 Å². The van der Waals surface area contributed by atoms with Gasteiger partial charge < -0.3 is 4.57 Å². The Morgan fingerprint density at radius 1 is 1.20 bits per heavy atom. The average Bonchev–Trinajstić information content (AvgIpc) is 3.12. The summed E-state index contributed by atoms with van der Waals surface area (Å²) in [7, 11) is 1.59. The average molecular weight is 409 g/mol. The molecule has 0 amide bonds. The van der Waals surface area contributed by atoms with E-state index in [4.69, 9.17) is 0 Å². The van der Waals surface area contributed by atoms with E-state index in [-0.39, 0.29) is 0 Å². The number of nitrogens with one attached hydrogen (secondary N) is 2. The summed E-state index contributed by atoms with van der Waals surface area (Å²) in [5.41, 5.74) is 4.61. The number of nitrogens with zero attached hydrogens (tertiary/aromatic N) is 4. The van der Waals surface area contributed by atoms with Gasteiger partial charge in [0.25, 0.3) is 5.56 Å². The Morgan fingerprint density at radius 2 is 1.97 bits per heavy atom. The number of fused-ring (bicyclic) bond motifs is 1. The molecule has 0 bridgehead atoms. The van der Waals surface area contributed by atoms with Crippen LogP contribution in [-0.2, 0) is 13.6 Å². The molecule has 0 spiro atoms. The number of anilines is 1. The molecule has 0 saturated heterocycles. The van der Waals surface area contributed by atoms with Gasteiger partial charge in [-0.15, -0.1) is 0 Å². The molecule has 3 aromatic rings. The molecular weight excluding hydrogens is 380 g/mol. The van der Waals surface area contributed by atoms with E-state index in [1.807, 2.05) is 49.4 Å². The van der Waals surface area contributed by atoms with E-state index < -0.39 is 11.2 Å². The first-order valence-electron chi connectivity index (χ1n) is 10.2. The number of H-pyrrole nitrogens is 1. The molecule has 2 heterocycles. The first-order valence-corrected chi connectivity index (χ1v) is 10.2. The SMILES string of the molecule is CCCCCCn1c(N/N=C(C)\C=C\c2ccccc2)nc2c1c(=O)[nH]c(=O)n2C. The smallest absolute Gasteiger partial charge is 0.303 e. The van der Waals surface area contributed by atoms with Crippen molar-refractivity contribution in [1.29, 1.82) is 0 Å². The molecule has 0 aliphatic rings. The van der Waals surface area contributed by atoms with Gasteiger partial charge in [0.05, 0.1) is 5.71 Å². The second kappa shape index (κ2) is 9.87. The van der Waals surface area contributed by atoms with Gasteiger partial charge >= 0.3 is 5.69 Å². The highest BCUT2D eigenvalue weighted by Gasteiger charge is 2.16. The van der Waals surface area contributed by atoms with Crippen LogP contribution in [0.4, 0.5) is 5.95 Å². The number of hydrogen-bond acceptors (Lipinski definition) is 5. The highest BCUT2D eigenvalue weighted by Crippen LogP contribution is 2.17. The lowest BCUT2D eigenvalue weighted by molar-refractivity contribution is 0.593. The van der Waals surface area contributed by atoms with Crippen molar-refractivity contribution < 1.29 is 0 Å². The molecular formula is C22H28N6O2. The molecule has 8 nitrogen and oxygen atoms in total. The van der Waals surface area contributed by atoms with E-state index in [9.17, 15) is 9.59 Å². The fraction of sp³-hybridized carbons (Fsp3) is 0.364. The molecule has 8 heteroatoms. The van der Waals surface area contributed by atoms with Gasteiger partial charge in [0.2, 0.25) is 5.95 Å². The van der Waals surface area contributed by atoms with Crippen molar-refractivity contribution in [2.75, 3.05) is 5.43 Å². The van der Waals surface area contributed by atoms with Gasteiger partial charge in [0.15, 0.2) is 11.2 Å². The summed E-state index contributed by atoms with van der Waals surface area (Å²) < 4.78 is 3.15. The number of benzene rings is 1. The minimum atomic E-state index is -0.486. The summed E-state index contributed by atoms with van der Waals surface area (Å²) in [5.74, 6) is 0.445. The van der Waals surface area contributed by atoms with E-state index in [0.29, 0.717) is 23.7 Å². The summed E-state index contributed by atoms with van der Waals surface area (Å²) in [5, 5.41) is 4.39. The van der Waals surface area contributed by atoms with Crippen LogP contribution in [0.15, 0.2) is 51.1 Å². The third-order valence-corrected chi connectivity index (χ3v) is 4.89. The molecule has 3 rings (SSSR count). The minimum Gasteiger partial charge on any atom is -0.303 e. The molecule has 30 heavy (non-hydrogen) atoms. The van der Waals surface area contributed by atoms with Crippen LogP contribution in [0.3, 0.4) is 0 Å². The molecule has 1 aromatic carbocycles. The lowest BCUT2D eigenvalue weighted by atomic mass is 10.2. The molecule has 2 N–H and O–H groups in total. The van der Waals surface area contributed by atoms with Gasteiger partial charge in [-0.2, -0.15) is 10.1 Å². The van der Waals surface area contributed by atoms with Crippen LogP contribution in [0.1, 0.15) is 45.1 Å². The molecule has 0 unspecified atom stereocenters. The molecule has 0 aliphatic heterocycles. The zero-order valence-electron chi connectivity index (χ0n) is 17.7. The van der Waals surface area contributed by atoms with Gasteiger partial charge in [0.1, 0.15) is 0 Å². The molecule has 0 fully saturated rings. The number of rotatable bonds is 9. The van der Waals surface area contributed by atoms with Crippen molar-refractivity contribution in [2.24, 2.45) is 12.1 Å². The van der Waals surface area contributed by atoms with E-state index in [1.165, 1.54) is 4.57 Å². The number of aromatic amines is 1. The Hall–Kier alpha value is -3.42. The van der Waals surface area contributed by atoms with Crippen LogP contribution < -0.4 is 16.7 Å². The zero-order chi connectivity index (χ0) is 21.5. The first-order chi connectivity index (χ1) is 14.5. The van der Waals surface area contributed by atoms with Gasteiger partial charge in [-0.1, -0.05) is 62.6 Å². The van der Waals surface area contributed by atoms with Gasteiger partial charge in [0, 0.05) is 13.6 Å². The van der Waals surface area contributed by atoms with Crippen molar-refractivity contribution in [1.82, 2.24) is 19.1 Å². The Kier molecular flexibility index (Phi) is 7.00. The highest BCUT2D eigenvalue weighted by molar-refractivity contribution is 5.96. The lowest BCUT2D eigenvalue weighted by Crippen LogP contribution is -2.29. The zero-order valence-corrected chi connectivity index (χ0v) is 17.7. The molecule has 0 aliphatic carbocycles. The Morgan fingerprint density at radius 3 is 2.70 bits per heavy atom. The third-order valence-electron chi connectivity index (χ3n) is 4.89. The second-order valence-corrected chi connectivity index (χ2v) is 7.25. The summed E-state index contributed by atoms with van der Waals surface area (Å²) in [4.78, 5) is 31.3. The number of imidazole rings is 1. The first kappa shape index (κ1) is 21.3. The van der Waals surface area contributed by atoms with E-state index >= 15 is 0 Å². The number of aromatic nitrogens is 4. The van der Waals surface area contributed by atoms with Crippen LogP contribution >= 0.6 is 0 Å². The summed E-state index contributed by atoms with van der Waals surface area (Å²) in [6.45, 7) is 4.65. The van der Waals surface area contributed by atoms with Crippen LogP contribution in [0, 0.1) is 0 Å². The van der Waals surface area contributed by atoms with Crippen molar-refractivity contribution in [2.45, 2.75) is 46.1 Å². The molecule has 0 atom stereocenters. The number of aryl methyl sites for hydroxylation is 2. The highest BCUT2D eigenvalue weighted by atomic mass is 16.2. The molecule has 0 radical (unpaired) electrons. The van der Waals surface area contributed by atoms with Crippen molar-refractivity contribution in [3.05, 3.63) is 62.8 Å². The van der Waals surface area contributed by atoms with Crippen LogP contribution in [0.2, 0.25) is 0 Å². The summed E-state index contributed by atoms with van der Waals surface area (Å²) in [6, 6.07) is 9.96. The monoisotopic (exact) mass is 408 g/mol. The van der Waals surface area contributed by atoms with Crippen LogP contribution in [0.25, 0.3) is 17.2 Å². The Labute approximate surface area is 175 Å². The van der Waals surface area contributed by atoms with E-state index in [2.05, 4.69) is 27.4 Å². The Balaban J connectivity index is 1.90. The van der Waals surface area contributed by atoms with E-state index in [1.54, 1.807) is 11.6 Å². The third kappa shape index (κ3) is 4.94. The maximum Gasteiger partial charge on any atom is 0.329 e. The summed E-state index contributed by atoms with van der Waals surface area (Å²) in [6.07, 6.45) is 8.10. The fourth-order valence-electron chi connectivity index (χ4n) is 3.19. The number of unbranched alkanes of at least 4 members (excludes halogenated alkanes) is 3. The van der Waals surface area contributed by atoms with Crippen LogP contribution in [0.5, 0.6) is 0 Å². The van der Waals surface area contributed by atoms with Gasteiger partial charge in [-0.3, -0.25) is 14.3 Å².